The molecule has 0 atom stereocenters. The average Bonchev–Trinajstić information content (AvgIpc) is 3.01. The summed E-state index contributed by atoms with van der Waals surface area (Å²) in [4.78, 5) is 26.6. The molecule has 2 saturated heterocycles. The maximum Gasteiger partial charge on any atom is 0.324 e. The maximum absolute atomic E-state index is 12.8. The van der Waals surface area contributed by atoms with E-state index in [4.69, 9.17) is 23.2 Å². The van der Waals surface area contributed by atoms with Gasteiger partial charge in [0.05, 0.1) is 16.6 Å². The topological polar surface area (TPSA) is 90.0 Å². The number of rotatable bonds is 4. The standard InChI is InChI=1S/C15H18Cl2N4O4S/c16-11-2-1-3-12(17)14(11)26(24,25)20-8-6-19(7-9-20)10-13(22)21-5-4-18-15(21)23/h1-3H,4-10H2,(H,18,23). The molecule has 0 spiro atoms. The van der Waals surface area contributed by atoms with Crippen LogP contribution in [0.25, 0.3) is 0 Å². The van der Waals surface area contributed by atoms with Gasteiger partial charge in [0.1, 0.15) is 4.90 Å². The first-order valence-electron chi connectivity index (χ1n) is 8.05. The van der Waals surface area contributed by atoms with Crippen LogP contribution in [0.5, 0.6) is 0 Å². The number of piperazine rings is 1. The first-order chi connectivity index (χ1) is 12.3. The second kappa shape index (κ2) is 7.69. The summed E-state index contributed by atoms with van der Waals surface area (Å²) in [6.45, 7) is 2.07. The highest BCUT2D eigenvalue weighted by Gasteiger charge is 2.33. The predicted octanol–water partition coefficient (Wildman–Crippen LogP) is 0.852. The van der Waals surface area contributed by atoms with E-state index in [-0.39, 0.29) is 46.5 Å². The number of hydrogen-bond donors (Lipinski definition) is 1. The zero-order valence-electron chi connectivity index (χ0n) is 13.8. The summed E-state index contributed by atoms with van der Waals surface area (Å²) in [6, 6.07) is 4.17. The van der Waals surface area contributed by atoms with Crippen LogP contribution < -0.4 is 5.32 Å². The van der Waals surface area contributed by atoms with Crippen molar-refractivity contribution in [3.05, 3.63) is 28.2 Å². The summed E-state index contributed by atoms with van der Waals surface area (Å²) >= 11 is 12.1. The minimum atomic E-state index is -3.82. The Balaban J connectivity index is 1.63. The van der Waals surface area contributed by atoms with E-state index in [0.717, 1.165) is 0 Å². The average molecular weight is 421 g/mol. The molecule has 0 aromatic heterocycles. The van der Waals surface area contributed by atoms with Crippen molar-refractivity contribution in [3.63, 3.8) is 0 Å². The van der Waals surface area contributed by atoms with E-state index in [1.165, 1.54) is 21.3 Å². The molecule has 1 aromatic carbocycles. The third-order valence-electron chi connectivity index (χ3n) is 4.36. The fourth-order valence-electron chi connectivity index (χ4n) is 2.97. The Bertz CT molecular complexity index is 805. The van der Waals surface area contributed by atoms with Crippen LogP contribution in [0.3, 0.4) is 0 Å². The van der Waals surface area contributed by atoms with Crippen molar-refractivity contribution in [1.29, 1.82) is 0 Å². The summed E-state index contributed by atoms with van der Waals surface area (Å²) in [5, 5.41) is 2.74. The fraction of sp³-hybridized carbons (Fsp3) is 0.467. The van der Waals surface area contributed by atoms with Crippen LogP contribution in [0, 0.1) is 0 Å². The number of amides is 3. The lowest BCUT2D eigenvalue weighted by atomic mass is 10.3. The lowest BCUT2D eigenvalue weighted by molar-refractivity contribution is -0.129. The summed E-state index contributed by atoms with van der Waals surface area (Å²) in [7, 11) is -3.82. The Kier molecular flexibility index (Phi) is 5.73. The molecule has 1 N–H and O–H groups in total. The molecule has 2 fully saturated rings. The van der Waals surface area contributed by atoms with E-state index in [2.05, 4.69) is 5.32 Å². The van der Waals surface area contributed by atoms with Crippen LogP contribution in [0.1, 0.15) is 0 Å². The fourth-order valence-corrected chi connectivity index (χ4v) is 5.49. The van der Waals surface area contributed by atoms with Gasteiger partial charge in [0.25, 0.3) is 0 Å². The van der Waals surface area contributed by atoms with Crippen molar-refractivity contribution < 1.29 is 18.0 Å². The minimum Gasteiger partial charge on any atom is -0.336 e. The van der Waals surface area contributed by atoms with Gasteiger partial charge in [-0.1, -0.05) is 29.3 Å². The number of carbonyl (C=O) groups excluding carboxylic acids is 2. The van der Waals surface area contributed by atoms with Crippen LogP contribution >= 0.6 is 23.2 Å². The van der Waals surface area contributed by atoms with Crippen molar-refractivity contribution in [3.8, 4) is 0 Å². The largest absolute Gasteiger partial charge is 0.336 e. The highest BCUT2D eigenvalue weighted by molar-refractivity contribution is 7.89. The Morgan fingerprint density at radius 3 is 2.23 bits per heavy atom. The van der Waals surface area contributed by atoms with E-state index >= 15 is 0 Å². The number of carbonyl (C=O) groups is 2. The van der Waals surface area contributed by atoms with Gasteiger partial charge < -0.3 is 5.32 Å². The molecule has 3 amide bonds. The first kappa shape index (κ1) is 19.4. The zero-order valence-corrected chi connectivity index (χ0v) is 16.1. The van der Waals surface area contributed by atoms with E-state index < -0.39 is 10.0 Å². The molecule has 1 aromatic rings. The molecular weight excluding hydrogens is 403 g/mol. The smallest absolute Gasteiger partial charge is 0.324 e. The summed E-state index contributed by atoms with van der Waals surface area (Å²) in [5.41, 5.74) is 0. The normalized spacial score (nSPS) is 19.6. The third-order valence-corrected chi connectivity index (χ3v) is 7.22. The van der Waals surface area contributed by atoms with Crippen molar-refractivity contribution in [1.82, 2.24) is 19.4 Å². The van der Waals surface area contributed by atoms with Gasteiger partial charge in [-0.25, -0.2) is 13.2 Å². The molecule has 2 heterocycles. The van der Waals surface area contributed by atoms with E-state index in [0.29, 0.717) is 26.2 Å². The van der Waals surface area contributed by atoms with Gasteiger partial charge in [-0.2, -0.15) is 4.31 Å². The quantitative estimate of drug-likeness (QED) is 0.779. The van der Waals surface area contributed by atoms with Crippen LogP contribution in [-0.4, -0.2) is 80.3 Å². The minimum absolute atomic E-state index is 0.0775. The molecule has 142 valence electrons. The molecule has 8 nitrogen and oxygen atoms in total. The number of nitrogens with zero attached hydrogens (tertiary/aromatic N) is 3. The van der Waals surface area contributed by atoms with E-state index in [1.807, 2.05) is 4.90 Å². The molecule has 0 bridgehead atoms. The summed E-state index contributed by atoms with van der Waals surface area (Å²) < 4.78 is 26.9. The van der Waals surface area contributed by atoms with Crippen molar-refractivity contribution >= 4 is 45.2 Å². The Morgan fingerprint density at radius 1 is 1.08 bits per heavy atom. The molecule has 3 rings (SSSR count). The monoisotopic (exact) mass is 420 g/mol. The second-order valence-electron chi connectivity index (χ2n) is 6.01. The Labute approximate surface area is 161 Å². The van der Waals surface area contributed by atoms with Crippen LogP contribution in [0.4, 0.5) is 4.79 Å². The molecule has 26 heavy (non-hydrogen) atoms. The third kappa shape index (κ3) is 3.81. The summed E-state index contributed by atoms with van der Waals surface area (Å²) in [5.74, 6) is -0.287. The van der Waals surface area contributed by atoms with Gasteiger partial charge in [0.15, 0.2) is 0 Å². The molecule has 0 unspecified atom stereocenters. The number of sulfonamides is 1. The Morgan fingerprint density at radius 2 is 1.69 bits per heavy atom. The number of urea groups is 1. The van der Waals surface area contributed by atoms with Gasteiger partial charge >= 0.3 is 6.03 Å². The molecular formula is C15H18Cl2N4O4S. The van der Waals surface area contributed by atoms with Crippen LogP contribution in [-0.2, 0) is 14.8 Å². The van der Waals surface area contributed by atoms with Crippen LogP contribution in [0.15, 0.2) is 23.1 Å². The highest BCUT2D eigenvalue weighted by atomic mass is 35.5. The van der Waals surface area contributed by atoms with Gasteiger partial charge in [-0.3, -0.25) is 14.6 Å². The number of imide groups is 1. The summed E-state index contributed by atoms with van der Waals surface area (Å²) in [6.07, 6.45) is 0. The zero-order chi connectivity index (χ0) is 18.9. The van der Waals surface area contributed by atoms with E-state index in [1.54, 1.807) is 6.07 Å². The van der Waals surface area contributed by atoms with Gasteiger partial charge in [0, 0.05) is 39.3 Å². The lowest BCUT2D eigenvalue weighted by Crippen LogP contribution is -2.51. The number of benzene rings is 1. The molecule has 0 saturated carbocycles. The molecule has 11 heteroatoms. The Hall–Kier alpha value is -1.39. The highest BCUT2D eigenvalue weighted by Crippen LogP contribution is 2.31. The lowest BCUT2D eigenvalue weighted by Gasteiger charge is -2.34. The second-order valence-corrected chi connectivity index (χ2v) is 8.70. The molecule has 0 radical (unpaired) electrons. The van der Waals surface area contributed by atoms with Crippen molar-refractivity contribution in [2.24, 2.45) is 0 Å². The maximum atomic E-state index is 12.8. The van der Waals surface area contributed by atoms with Gasteiger partial charge in [0.2, 0.25) is 15.9 Å². The molecule has 2 aliphatic rings. The number of hydrogen-bond acceptors (Lipinski definition) is 5. The SMILES string of the molecule is O=C(CN1CCN(S(=O)(=O)c2c(Cl)cccc2Cl)CC1)N1CCNC1=O. The van der Waals surface area contributed by atoms with Gasteiger partial charge in [-0.05, 0) is 12.1 Å². The van der Waals surface area contributed by atoms with E-state index in [9.17, 15) is 18.0 Å². The number of halogens is 2. The van der Waals surface area contributed by atoms with Gasteiger partial charge in [-0.15, -0.1) is 0 Å². The first-order valence-corrected chi connectivity index (χ1v) is 10.2. The molecule has 0 aliphatic carbocycles. The van der Waals surface area contributed by atoms with Crippen molar-refractivity contribution in [2.45, 2.75) is 4.90 Å². The van der Waals surface area contributed by atoms with Crippen molar-refractivity contribution in [2.75, 3.05) is 45.8 Å². The molecule has 2 aliphatic heterocycles. The van der Waals surface area contributed by atoms with Crippen LogP contribution in [0.2, 0.25) is 10.0 Å². The number of nitrogens with one attached hydrogen (secondary N) is 1. The predicted molar refractivity (Wildman–Crippen MR) is 96.8 cm³/mol.